The summed E-state index contributed by atoms with van der Waals surface area (Å²) in [7, 11) is 1.64. The Morgan fingerprint density at radius 3 is 2.71 bits per heavy atom. The second-order valence-electron chi connectivity index (χ2n) is 7.41. The molecular weight excluding hydrogens is 454 g/mol. The monoisotopic (exact) mass is 473 g/mol. The van der Waals surface area contributed by atoms with Gasteiger partial charge in [-0.05, 0) is 70.6 Å². The predicted octanol–water partition coefficient (Wildman–Crippen LogP) is 6.04. The quantitative estimate of drug-likeness (QED) is 0.392. The van der Waals surface area contributed by atoms with Crippen LogP contribution in [0, 0.1) is 11.3 Å². The molecule has 1 aliphatic carbocycles. The van der Waals surface area contributed by atoms with Crippen molar-refractivity contribution in [3.63, 3.8) is 0 Å². The number of aryl methyl sites for hydroxylation is 1. The standard InChI is InChI=1S/C25H20BrN3O2/c1-3-31-25-18(13-27)22(14-8-11-21(30-2)19(26)12-14)17-10-9-16-15-6-4-5-7-20(15)28-23(16)24(17)29-25/h4-8,11-12,28H,3,9-10H2,1-2H3. The molecule has 0 saturated heterocycles. The van der Waals surface area contributed by atoms with E-state index in [4.69, 9.17) is 14.5 Å². The molecule has 0 spiro atoms. The minimum absolute atomic E-state index is 0.372. The van der Waals surface area contributed by atoms with Crippen molar-refractivity contribution in [1.29, 1.82) is 5.26 Å². The number of H-pyrrole nitrogens is 1. The number of pyridine rings is 1. The van der Waals surface area contributed by atoms with Gasteiger partial charge in [-0.3, -0.25) is 0 Å². The maximum atomic E-state index is 10.1. The number of hydrogen-bond donors (Lipinski definition) is 1. The molecule has 0 amide bonds. The fraction of sp³-hybridized carbons (Fsp3) is 0.200. The number of fused-ring (bicyclic) bond motifs is 5. The number of rotatable bonds is 4. The van der Waals surface area contributed by atoms with Gasteiger partial charge in [0.15, 0.2) is 0 Å². The Hall–Kier alpha value is -3.30. The van der Waals surface area contributed by atoms with Crippen LogP contribution in [0.5, 0.6) is 11.6 Å². The zero-order valence-corrected chi connectivity index (χ0v) is 18.8. The van der Waals surface area contributed by atoms with Crippen molar-refractivity contribution in [3.05, 3.63) is 63.6 Å². The van der Waals surface area contributed by atoms with Gasteiger partial charge in [0.25, 0.3) is 0 Å². The fourth-order valence-electron chi connectivity index (χ4n) is 4.45. The normalized spacial score (nSPS) is 12.2. The van der Waals surface area contributed by atoms with Gasteiger partial charge in [0.05, 0.1) is 29.6 Å². The van der Waals surface area contributed by atoms with Crippen LogP contribution in [-0.2, 0) is 12.8 Å². The van der Waals surface area contributed by atoms with Crippen LogP contribution >= 0.6 is 15.9 Å². The highest BCUT2D eigenvalue weighted by Crippen LogP contribution is 2.44. The summed E-state index contributed by atoms with van der Waals surface area (Å²) in [4.78, 5) is 8.40. The first-order chi connectivity index (χ1) is 15.2. The molecular formula is C25H20BrN3O2. The molecule has 0 fully saturated rings. The molecule has 154 valence electrons. The Bertz CT molecular complexity index is 1370. The van der Waals surface area contributed by atoms with Gasteiger partial charge in [-0.15, -0.1) is 0 Å². The SMILES string of the molecule is CCOc1nc2c(c(-c3ccc(OC)c(Br)c3)c1C#N)CCc1c-2[nH]c2ccccc12. The van der Waals surface area contributed by atoms with Gasteiger partial charge in [0.2, 0.25) is 5.88 Å². The van der Waals surface area contributed by atoms with E-state index in [1.807, 2.05) is 31.2 Å². The molecule has 0 bridgehead atoms. The molecule has 31 heavy (non-hydrogen) atoms. The Morgan fingerprint density at radius 2 is 1.97 bits per heavy atom. The number of para-hydroxylation sites is 1. The summed E-state index contributed by atoms with van der Waals surface area (Å²) in [5.74, 6) is 1.12. The van der Waals surface area contributed by atoms with Crippen molar-refractivity contribution in [2.75, 3.05) is 13.7 Å². The number of methoxy groups -OCH3 is 1. The summed E-state index contributed by atoms with van der Waals surface area (Å²) in [5, 5.41) is 11.3. The molecule has 2 aromatic heterocycles. The average Bonchev–Trinajstić information content (AvgIpc) is 3.17. The van der Waals surface area contributed by atoms with E-state index >= 15 is 0 Å². The Kier molecular flexibility index (Phi) is 4.91. The first-order valence-corrected chi connectivity index (χ1v) is 11.0. The van der Waals surface area contributed by atoms with Crippen LogP contribution in [0.1, 0.15) is 23.6 Å². The van der Waals surface area contributed by atoms with E-state index in [2.05, 4.69) is 45.2 Å². The zero-order valence-electron chi connectivity index (χ0n) is 17.3. The van der Waals surface area contributed by atoms with Crippen LogP contribution in [0.25, 0.3) is 33.4 Å². The van der Waals surface area contributed by atoms with Gasteiger partial charge in [-0.1, -0.05) is 24.3 Å². The van der Waals surface area contributed by atoms with E-state index in [9.17, 15) is 5.26 Å². The van der Waals surface area contributed by atoms with Gasteiger partial charge in [-0.25, -0.2) is 4.98 Å². The molecule has 6 heteroatoms. The van der Waals surface area contributed by atoms with Crippen LogP contribution in [0.2, 0.25) is 0 Å². The number of halogens is 1. The number of benzene rings is 2. The molecule has 4 aromatic rings. The van der Waals surface area contributed by atoms with Crippen molar-refractivity contribution in [3.8, 4) is 40.2 Å². The van der Waals surface area contributed by atoms with Crippen LogP contribution in [0.4, 0.5) is 0 Å². The fourth-order valence-corrected chi connectivity index (χ4v) is 4.99. The topological polar surface area (TPSA) is 70.9 Å². The van der Waals surface area contributed by atoms with E-state index < -0.39 is 0 Å². The second-order valence-corrected chi connectivity index (χ2v) is 8.27. The lowest BCUT2D eigenvalue weighted by Gasteiger charge is -2.22. The molecule has 0 atom stereocenters. The summed E-state index contributed by atoms with van der Waals surface area (Å²) >= 11 is 3.58. The molecule has 5 rings (SSSR count). The van der Waals surface area contributed by atoms with E-state index in [1.165, 1.54) is 10.9 Å². The number of nitrogens with one attached hydrogen (secondary N) is 1. The van der Waals surface area contributed by atoms with Crippen molar-refractivity contribution < 1.29 is 9.47 Å². The summed E-state index contributed by atoms with van der Waals surface area (Å²) < 4.78 is 12.1. The summed E-state index contributed by atoms with van der Waals surface area (Å²) in [6.07, 6.45) is 1.69. The third kappa shape index (κ3) is 3.08. The van der Waals surface area contributed by atoms with Crippen molar-refractivity contribution >= 4 is 26.8 Å². The molecule has 2 heterocycles. The van der Waals surface area contributed by atoms with Gasteiger partial charge >= 0.3 is 0 Å². The number of nitriles is 1. The number of nitrogens with zero attached hydrogens (tertiary/aromatic N) is 2. The lowest BCUT2D eigenvalue weighted by molar-refractivity contribution is 0.326. The molecule has 0 saturated carbocycles. The van der Waals surface area contributed by atoms with Gasteiger partial charge < -0.3 is 14.5 Å². The largest absolute Gasteiger partial charge is 0.496 e. The second kappa shape index (κ2) is 7.75. The van der Waals surface area contributed by atoms with E-state index in [1.54, 1.807) is 7.11 Å². The van der Waals surface area contributed by atoms with Gasteiger partial charge in [0, 0.05) is 16.5 Å². The van der Waals surface area contributed by atoms with Crippen LogP contribution in [-0.4, -0.2) is 23.7 Å². The molecule has 0 unspecified atom stereocenters. The maximum absolute atomic E-state index is 10.1. The Balaban J connectivity index is 1.83. The molecule has 1 aliphatic rings. The summed E-state index contributed by atoms with van der Waals surface area (Å²) in [6.45, 7) is 2.34. The maximum Gasteiger partial charge on any atom is 0.232 e. The number of aromatic nitrogens is 2. The highest BCUT2D eigenvalue weighted by molar-refractivity contribution is 9.10. The summed E-state index contributed by atoms with van der Waals surface area (Å²) in [5.41, 5.74) is 7.59. The van der Waals surface area contributed by atoms with Gasteiger partial charge in [0.1, 0.15) is 17.4 Å². The Morgan fingerprint density at radius 1 is 1.16 bits per heavy atom. The highest BCUT2D eigenvalue weighted by atomic mass is 79.9. The van der Waals surface area contributed by atoms with Crippen LogP contribution in [0.3, 0.4) is 0 Å². The van der Waals surface area contributed by atoms with Crippen LogP contribution in [0.15, 0.2) is 46.9 Å². The molecule has 0 radical (unpaired) electrons. The number of aromatic amines is 1. The molecule has 0 aliphatic heterocycles. The van der Waals surface area contributed by atoms with Gasteiger partial charge in [-0.2, -0.15) is 5.26 Å². The van der Waals surface area contributed by atoms with E-state index in [0.717, 1.165) is 56.7 Å². The average molecular weight is 474 g/mol. The van der Waals surface area contributed by atoms with E-state index in [-0.39, 0.29) is 0 Å². The minimum atomic E-state index is 0.372. The zero-order chi connectivity index (χ0) is 21.5. The number of hydrogen-bond acceptors (Lipinski definition) is 4. The molecule has 2 aromatic carbocycles. The third-order valence-electron chi connectivity index (χ3n) is 5.77. The summed E-state index contributed by atoms with van der Waals surface area (Å²) in [6, 6.07) is 16.6. The minimum Gasteiger partial charge on any atom is -0.496 e. The van der Waals surface area contributed by atoms with E-state index in [0.29, 0.717) is 18.1 Å². The highest BCUT2D eigenvalue weighted by Gasteiger charge is 2.29. The molecule has 5 nitrogen and oxygen atoms in total. The lowest BCUT2D eigenvalue weighted by Crippen LogP contribution is -2.11. The van der Waals surface area contributed by atoms with Crippen molar-refractivity contribution in [2.24, 2.45) is 0 Å². The van der Waals surface area contributed by atoms with Crippen molar-refractivity contribution in [2.45, 2.75) is 19.8 Å². The lowest BCUT2D eigenvalue weighted by atomic mass is 9.85. The van der Waals surface area contributed by atoms with Crippen molar-refractivity contribution in [1.82, 2.24) is 9.97 Å². The Labute approximate surface area is 188 Å². The third-order valence-corrected chi connectivity index (χ3v) is 6.39. The predicted molar refractivity (Wildman–Crippen MR) is 125 cm³/mol. The first-order valence-electron chi connectivity index (χ1n) is 10.2. The number of ether oxygens (including phenoxy) is 2. The smallest absolute Gasteiger partial charge is 0.232 e. The van der Waals surface area contributed by atoms with Crippen LogP contribution < -0.4 is 9.47 Å². The first kappa shape index (κ1) is 19.7. The molecule has 1 N–H and O–H groups in total.